The molecule has 1 atom stereocenters. The maximum absolute atomic E-state index is 14.7. The number of nitrogens with one attached hydrogen (secondary N) is 2. The summed E-state index contributed by atoms with van der Waals surface area (Å²) in [5.41, 5.74) is 0.876. The molecular formula is C27H32ClFN6O3. The van der Waals surface area contributed by atoms with Gasteiger partial charge in [-0.25, -0.2) is 9.37 Å². The Morgan fingerprint density at radius 1 is 1.13 bits per heavy atom. The van der Waals surface area contributed by atoms with Gasteiger partial charge in [-0.05, 0) is 56.5 Å². The molecule has 5 rings (SSSR count). The van der Waals surface area contributed by atoms with Gasteiger partial charge in [-0.3, -0.25) is 4.79 Å². The van der Waals surface area contributed by atoms with E-state index in [1.54, 1.807) is 38.5 Å². The first-order chi connectivity index (χ1) is 18.4. The number of halogens is 2. The van der Waals surface area contributed by atoms with E-state index in [2.05, 4.69) is 15.5 Å². The highest BCUT2D eigenvalue weighted by Crippen LogP contribution is 2.37. The lowest BCUT2D eigenvalue weighted by Gasteiger charge is -2.37. The third-order valence-corrected chi connectivity index (χ3v) is 7.61. The first kappa shape index (κ1) is 26.2. The minimum Gasteiger partial charge on any atom is -0.493 e. The number of aromatic nitrogens is 2. The summed E-state index contributed by atoms with van der Waals surface area (Å²) in [6.07, 6.45) is 3.54. The number of methoxy groups -OCH3 is 2. The molecule has 0 aliphatic carbocycles. The van der Waals surface area contributed by atoms with Crippen LogP contribution in [0.1, 0.15) is 25.7 Å². The number of amides is 1. The molecule has 11 heteroatoms. The van der Waals surface area contributed by atoms with Gasteiger partial charge < -0.3 is 29.9 Å². The van der Waals surface area contributed by atoms with Crippen LogP contribution < -0.4 is 25.0 Å². The summed E-state index contributed by atoms with van der Waals surface area (Å²) in [4.78, 5) is 26.5. The van der Waals surface area contributed by atoms with Crippen LogP contribution in [0.15, 0.2) is 30.3 Å². The van der Waals surface area contributed by atoms with Gasteiger partial charge in [0.15, 0.2) is 11.5 Å². The molecule has 2 N–H and O–H groups in total. The number of carbonyl (C=O) groups excluding carboxylic acids is 1. The number of fused-ring (bicyclic) bond motifs is 1. The monoisotopic (exact) mass is 542 g/mol. The standard InChI is InChI=1S/C27H32ClFN6O3/c1-34(26(36)21-5-4-10-30-21)17-8-11-35(12-9-17)27-32-22-15-24(38-3)23(37-2)14-18(22)25(33-27)31-20-7-6-16(28)13-19(20)29/h6-7,13-15,17,21,30H,4-5,8-12H2,1-3H3,(H,31,32,33)/t21-/m1/s1. The number of likely N-dealkylation sites (N-methyl/N-ethyl adjacent to an activating group) is 1. The molecule has 3 aromatic rings. The average molecular weight is 543 g/mol. The van der Waals surface area contributed by atoms with E-state index in [1.807, 2.05) is 11.9 Å². The largest absolute Gasteiger partial charge is 0.493 e. The third kappa shape index (κ3) is 5.28. The van der Waals surface area contributed by atoms with Crippen LogP contribution in [0.2, 0.25) is 5.02 Å². The van der Waals surface area contributed by atoms with Crippen molar-refractivity contribution in [3.05, 3.63) is 41.2 Å². The Labute approximate surface area is 226 Å². The lowest BCUT2D eigenvalue weighted by Crippen LogP contribution is -2.50. The molecular weight excluding hydrogens is 511 g/mol. The second kappa shape index (κ2) is 11.2. The van der Waals surface area contributed by atoms with Crippen molar-refractivity contribution in [2.24, 2.45) is 0 Å². The fourth-order valence-corrected chi connectivity index (χ4v) is 5.33. The van der Waals surface area contributed by atoms with Crippen LogP contribution in [-0.2, 0) is 4.79 Å². The van der Waals surface area contributed by atoms with Gasteiger partial charge in [0, 0.05) is 42.7 Å². The molecule has 3 heterocycles. The van der Waals surface area contributed by atoms with Gasteiger partial charge in [-0.15, -0.1) is 0 Å². The highest BCUT2D eigenvalue weighted by molar-refractivity contribution is 6.30. The lowest BCUT2D eigenvalue weighted by atomic mass is 10.0. The summed E-state index contributed by atoms with van der Waals surface area (Å²) in [6.45, 7) is 2.27. The number of hydrogen-bond donors (Lipinski definition) is 2. The van der Waals surface area contributed by atoms with Crippen LogP contribution in [0, 0.1) is 5.82 Å². The molecule has 2 aliphatic rings. The minimum absolute atomic E-state index is 0.0734. The van der Waals surface area contributed by atoms with E-state index in [0.717, 1.165) is 32.2 Å². The first-order valence-electron chi connectivity index (χ1n) is 12.8. The van der Waals surface area contributed by atoms with Gasteiger partial charge in [0.25, 0.3) is 0 Å². The summed E-state index contributed by atoms with van der Waals surface area (Å²) >= 11 is 5.95. The van der Waals surface area contributed by atoms with Crippen molar-refractivity contribution in [2.45, 2.75) is 37.8 Å². The maximum atomic E-state index is 14.7. The van der Waals surface area contributed by atoms with Crippen LogP contribution in [-0.4, -0.2) is 73.8 Å². The fourth-order valence-electron chi connectivity index (χ4n) is 5.17. The number of benzene rings is 2. The quantitative estimate of drug-likeness (QED) is 0.455. The number of anilines is 3. The van der Waals surface area contributed by atoms with E-state index < -0.39 is 5.82 Å². The van der Waals surface area contributed by atoms with Crippen molar-refractivity contribution >= 4 is 45.9 Å². The highest BCUT2D eigenvalue weighted by atomic mass is 35.5. The summed E-state index contributed by atoms with van der Waals surface area (Å²) in [6, 6.07) is 8.09. The molecule has 2 saturated heterocycles. The number of carbonyl (C=O) groups is 1. The lowest BCUT2D eigenvalue weighted by molar-refractivity contribution is -0.134. The molecule has 2 fully saturated rings. The Hall–Kier alpha value is -3.37. The van der Waals surface area contributed by atoms with Crippen molar-refractivity contribution in [2.75, 3.05) is 51.1 Å². The van der Waals surface area contributed by atoms with Crippen LogP contribution >= 0.6 is 11.6 Å². The Morgan fingerprint density at radius 2 is 1.87 bits per heavy atom. The zero-order valence-electron chi connectivity index (χ0n) is 21.8. The van der Waals surface area contributed by atoms with E-state index in [0.29, 0.717) is 52.3 Å². The van der Waals surface area contributed by atoms with E-state index >= 15 is 0 Å². The molecule has 0 saturated carbocycles. The molecule has 1 amide bonds. The summed E-state index contributed by atoms with van der Waals surface area (Å²) in [7, 11) is 5.02. The van der Waals surface area contributed by atoms with Crippen molar-refractivity contribution in [1.82, 2.24) is 20.2 Å². The van der Waals surface area contributed by atoms with E-state index in [9.17, 15) is 9.18 Å². The van der Waals surface area contributed by atoms with Gasteiger partial charge in [0.05, 0.1) is 31.5 Å². The molecule has 2 aromatic carbocycles. The predicted octanol–water partition coefficient (Wildman–Crippen LogP) is 4.36. The van der Waals surface area contributed by atoms with E-state index in [1.165, 1.54) is 6.07 Å². The topological polar surface area (TPSA) is 91.9 Å². The van der Waals surface area contributed by atoms with Gasteiger partial charge >= 0.3 is 0 Å². The van der Waals surface area contributed by atoms with Crippen LogP contribution in [0.25, 0.3) is 10.9 Å². The normalized spacial score (nSPS) is 18.0. The van der Waals surface area contributed by atoms with E-state index in [4.69, 9.17) is 31.0 Å². The number of ether oxygens (including phenoxy) is 2. The zero-order valence-corrected chi connectivity index (χ0v) is 22.5. The van der Waals surface area contributed by atoms with E-state index in [-0.39, 0.29) is 23.7 Å². The van der Waals surface area contributed by atoms with Crippen molar-refractivity contribution < 1.29 is 18.7 Å². The van der Waals surface area contributed by atoms with Crippen LogP contribution in [0.4, 0.5) is 21.8 Å². The molecule has 0 spiro atoms. The van der Waals surface area contributed by atoms with Gasteiger partial charge in [0.1, 0.15) is 11.6 Å². The summed E-state index contributed by atoms with van der Waals surface area (Å²) < 4.78 is 25.6. The predicted molar refractivity (Wildman–Crippen MR) is 146 cm³/mol. The molecule has 9 nitrogen and oxygen atoms in total. The number of hydrogen-bond acceptors (Lipinski definition) is 8. The van der Waals surface area contributed by atoms with Gasteiger partial charge in [-0.2, -0.15) is 4.98 Å². The molecule has 0 unspecified atom stereocenters. The van der Waals surface area contributed by atoms with Crippen molar-refractivity contribution in [1.29, 1.82) is 0 Å². The van der Waals surface area contributed by atoms with Crippen LogP contribution in [0.5, 0.6) is 11.5 Å². The van der Waals surface area contributed by atoms with Crippen molar-refractivity contribution in [3.8, 4) is 11.5 Å². The minimum atomic E-state index is -0.489. The van der Waals surface area contributed by atoms with Gasteiger partial charge in [-0.1, -0.05) is 11.6 Å². The molecule has 0 radical (unpaired) electrons. The molecule has 2 aliphatic heterocycles. The maximum Gasteiger partial charge on any atom is 0.239 e. The second-order valence-electron chi connectivity index (χ2n) is 9.66. The highest BCUT2D eigenvalue weighted by Gasteiger charge is 2.31. The van der Waals surface area contributed by atoms with Gasteiger partial charge in [0.2, 0.25) is 11.9 Å². The summed E-state index contributed by atoms with van der Waals surface area (Å²) in [5, 5.41) is 7.38. The first-order valence-corrected chi connectivity index (χ1v) is 13.2. The molecule has 1 aromatic heterocycles. The SMILES string of the molecule is COc1cc2nc(N3CCC(N(C)C(=O)[C@H]4CCCN4)CC3)nc(Nc3ccc(Cl)cc3F)c2cc1OC. The Bertz CT molecular complexity index is 1330. The average Bonchev–Trinajstić information content (AvgIpc) is 3.48. The Balaban J connectivity index is 1.43. The number of nitrogens with zero attached hydrogens (tertiary/aromatic N) is 4. The number of piperidine rings is 1. The number of rotatable bonds is 7. The van der Waals surface area contributed by atoms with Crippen LogP contribution in [0.3, 0.4) is 0 Å². The second-order valence-corrected chi connectivity index (χ2v) is 10.1. The Kier molecular flexibility index (Phi) is 7.71. The third-order valence-electron chi connectivity index (χ3n) is 7.37. The smallest absolute Gasteiger partial charge is 0.239 e. The Morgan fingerprint density at radius 3 is 2.53 bits per heavy atom. The molecule has 0 bridgehead atoms. The molecule has 202 valence electrons. The summed E-state index contributed by atoms with van der Waals surface area (Å²) in [5.74, 6) is 1.69. The fraction of sp³-hybridized carbons (Fsp3) is 0.444. The van der Waals surface area contributed by atoms with Crippen molar-refractivity contribution in [3.63, 3.8) is 0 Å². The molecule has 38 heavy (non-hydrogen) atoms. The zero-order chi connectivity index (χ0) is 26.8.